The minimum absolute atomic E-state index is 0.180. The maximum absolute atomic E-state index is 13.4. The first-order valence-electron chi connectivity index (χ1n) is 5.86. The standard InChI is InChI=1S/C12H20FN3O/c1-5-6-7-17-11-14-8-9(13)10(15-11)16-12(2,3)4/h8H,5-7H2,1-4H3,(H,14,15,16). The number of nitrogens with one attached hydrogen (secondary N) is 1. The summed E-state index contributed by atoms with van der Waals surface area (Å²) in [5.41, 5.74) is -0.254. The second-order valence-electron chi connectivity index (χ2n) is 4.93. The number of rotatable bonds is 5. The summed E-state index contributed by atoms with van der Waals surface area (Å²) in [4.78, 5) is 7.80. The minimum Gasteiger partial charge on any atom is -0.463 e. The fraction of sp³-hybridized carbons (Fsp3) is 0.667. The Morgan fingerprint density at radius 2 is 2.12 bits per heavy atom. The fourth-order valence-electron chi connectivity index (χ4n) is 1.17. The number of aromatic nitrogens is 2. The van der Waals surface area contributed by atoms with Crippen LogP contribution in [0, 0.1) is 5.82 Å². The fourth-order valence-corrected chi connectivity index (χ4v) is 1.17. The number of hydrogen-bond acceptors (Lipinski definition) is 4. The highest BCUT2D eigenvalue weighted by atomic mass is 19.1. The molecule has 1 aromatic heterocycles. The molecule has 1 rings (SSSR count). The summed E-state index contributed by atoms with van der Waals surface area (Å²) in [6, 6.07) is 0.214. The van der Waals surface area contributed by atoms with E-state index in [1.54, 1.807) is 0 Å². The Morgan fingerprint density at radius 3 is 2.71 bits per heavy atom. The van der Waals surface area contributed by atoms with Gasteiger partial charge in [0, 0.05) is 5.54 Å². The van der Waals surface area contributed by atoms with E-state index in [-0.39, 0.29) is 17.4 Å². The van der Waals surface area contributed by atoms with Crippen LogP contribution in [0.25, 0.3) is 0 Å². The Balaban J connectivity index is 2.72. The van der Waals surface area contributed by atoms with Gasteiger partial charge in [-0.15, -0.1) is 0 Å². The molecule has 1 N–H and O–H groups in total. The first-order valence-corrected chi connectivity index (χ1v) is 5.86. The molecule has 1 heterocycles. The second kappa shape index (κ2) is 5.80. The van der Waals surface area contributed by atoms with E-state index in [0.717, 1.165) is 19.0 Å². The van der Waals surface area contributed by atoms with E-state index in [1.165, 1.54) is 0 Å². The molecule has 0 aromatic carbocycles. The monoisotopic (exact) mass is 241 g/mol. The third-order valence-corrected chi connectivity index (χ3v) is 1.94. The van der Waals surface area contributed by atoms with Gasteiger partial charge in [-0.3, -0.25) is 0 Å². The molecule has 1 aromatic rings. The first kappa shape index (κ1) is 13.7. The summed E-state index contributed by atoms with van der Waals surface area (Å²) in [6.07, 6.45) is 3.10. The second-order valence-corrected chi connectivity index (χ2v) is 4.93. The van der Waals surface area contributed by atoms with Gasteiger partial charge in [-0.25, -0.2) is 9.37 Å². The lowest BCUT2D eigenvalue weighted by molar-refractivity contribution is 0.284. The van der Waals surface area contributed by atoms with Crippen molar-refractivity contribution in [3.8, 4) is 6.01 Å². The number of ether oxygens (including phenoxy) is 1. The molecule has 5 heteroatoms. The Kier molecular flexibility index (Phi) is 4.66. The Hall–Kier alpha value is -1.39. The van der Waals surface area contributed by atoms with Crippen LogP contribution in [0.2, 0.25) is 0 Å². The van der Waals surface area contributed by atoms with Gasteiger partial charge in [0.05, 0.1) is 12.8 Å². The van der Waals surface area contributed by atoms with Gasteiger partial charge in [-0.05, 0) is 27.2 Å². The van der Waals surface area contributed by atoms with Gasteiger partial charge in [-0.2, -0.15) is 4.98 Å². The Morgan fingerprint density at radius 1 is 1.41 bits per heavy atom. The molecule has 0 saturated heterocycles. The van der Waals surface area contributed by atoms with Crippen molar-refractivity contribution < 1.29 is 9.13 Å². The molecule has 0 bridgehead atoms. The van der Waals surface area contributed by atoms with Crippen LogP contribution in [-0.4, -0.2) is 22.1 Å². The van der Waals surface area contributed by atoms with Crippen molar-refractivity contribution in [2.45, 2.75) is 46.1 Å². The highest BCUT2D eigenvalue weighted by Gasteiger charge is 2.15. The van der Waals surface area contributed by atoms with Crippen LogP contribution in [-0.2, 0) is 0 Å². The summed E-state index contributed by atoms with van der Waals surface area (Å²) in [6.45, 7) is 8.43. The SMILES string of the molecule is CCCCOc1ncc(F)c(NC(C)(C)C)n1. The van der Waals surface area contributed by atoms with Crippen molar-refractivity contribution in [1.82, 2.24) is 9.97 Å². The lowest BCUT2D eigenvalue weighted by Gasteiger charge is -2.21. The van der Waals surface area contributed by atoms with Crippen LogP contribution in [0.5, 0.6) is 6.01 Å². The van der Waals surface area contributed by atoms with Gasteiger partial charge in [-0.1, -0.05) is 13.3 Å². The molecule has 0 spiro atoms. The summed E-state index contributed by atoms with van der Waals surface area (Å²) in [5.74, 6) is -0.290. The van der Waals surface area contributed by atoms with E-state index in [0.29, 0.717) is 6.61 Å². The maximum atomic E-state index is 13.4. The van der Waals surface area contributed by atoms with E-state index >= 15 is 0 Å². The zero-order valence-corrected chi connectivity index (χ0v) is 10.9. The van der Waals surface area contributed by atoms with Crippen molar-refractivity contribution in [3.05, 3.63) is 12.0 Å². The number of hydrogen-bond donors (Lipinski definition) is 1. The van der Waals surface area contributed by atoms with Crippen LogP contribution in [0.4, 0.5) is 10.2 Å². The molecule has 0 fully saturated rings. The number of nitrogens with zero attached hydrogens (tertiary/aromatic N) is 2. The molecular weight excluding hydrogens is 221 g/mol. The van der Waals surface area contributed by atoms with Crippen LogP contribution in [0.3, 0.4) is 0 Å². The van der Waals surface area contributed by atoms with Crippen molar-refractivity contribution in [3.63, 3.8) is 0 Å². The molecule has 0 unspecified atom stereocenters. The molecule has 4 nitrogen and oxygen atoms in total. The van der Waals surface area contributed by atoms with Crippen LogP contribution < -0.4 is 10.1 Å². The van der Waals surface area contributed by atoms with Crippen molar-refractivity contribution in [2.24, 2.45) is 0 Å². The molecule has 17 heavy (non-hydrogen) atoms. The van der Waals surface area contributed by atoms with Crippen molar-refractivity contribution in [1.29, 1.82) is 0 Å². The lowest BCUT2D eigenvalue weighted by Crippen LogP contribution is -2.27. The van der Waals surface area contributed by atoms with Gasteiger partial charge in [0.1, 0.15) is 0 Å². The van der Waals surface area contributed by atoms with E-state index in [1.807, 2.05) is 20.8 Å². The summed E-state index contributed by atoms with van der Waals surface area (Å²) in [7, 11) is 0. The van der Waals surface area contributed by atoms with Crippen LogP contribution in [0.1, 0.15) is 40.5 Å². The average Bonchev–Trinajstić information content (AvgIpc) is 2.21. The van der Waals surface area contributed by atoms with Crippen molar-refractivity contribution in [2.75, 3.05) is 11.9 Å². The molecule has 0 aliphatic rings. The Labute approximate surface area is 102 Å². The quantitative estimate of drug-likeness (QED) is 0.805. The van der Waals surface area contributed by atoms with E-state index < -0.39 is 5.82 Å². The van der Waals surface area contributed by atoms with Crippen LogP contribution >= 0.6 is 0 Å². The zero-order chi connectivity index (χ0) is 12.9. The van der Waals surface area contributed by atoms with Gasteiger partial charge >= 0.3 is 6.01 Å². The van der Waals surface area contributed by atoms with E-state index in [2.05, 4.69) is 22.2 Å². The van der Waals surface area contributed by atoms with Gasteiger partial charge in [0.25, 0.3) is 0 Å². The summed E-state index contributed by atoms with van der Waals surface area (Å²) in [5, 5.41) is 2.97. The Bertz CT molecular complexity index is 363. The summed E-state index contributed by atoms with van der Waals surface area (Å²) >= 11 is 0. The van der Waals surface area contributed by atoms with E-state index in [9.17, 15) is 4.39 Å². The first-order chi connectivity index (χ1) is 7.92. The molecular formula is C12H20FN3O. The van der Waals surface area contributed by atoms with Gasteiger partial charge in [0.2, 0.25) is 0 Å². The lowest BCUT2D eigenvalue weighted by atomic mass is 10.1. The third kappa shape index (κ3) is 4.97. The average molecular weight is 241 g/mol. The molecule has 0 amide bonds. The molecule has 0 aliphatic heterocycles. The van der Waals surface area contributed by atoms with E-state index in [4.69, 9.17) is 4.74 Å². The normalized spacial score (nSPS) is 11.4. The summed E-state index contributed by atoms with van der Waals surface area (Å²) < 4.78 is 18.8. The largest absolute Gasteiger partial charge is 0.463 e. The number of unbranched alkanes of at least 4 members (excludes halogenated alkanes) is 1. The van der Waals surface area contributed by atoms with Gasteiger partial charge < -0.3 is 10.1 Å². The van der Waals surface area contributed by atoms with Gasteiger partial charge in [0.15, 0.2) is 11.6 Å². The van der Waals surface area contributed by atoms with Crippen LogP contribution in [0.15, 0.2) is 6.20 Å². The highest BCUT2D eigenvalue weighted by molar-refractivity contribution is 5.38. The molecule has 0 radical (unpaired) electrons. The number of anilines is 1. The molecule has 96 valence electrons. The minimum atomic E-state index is -0.470. The predicted molar refractivity (Wildman–Crippen MR) is 65.8 cm³/mol. The topological polar surface area (TPSA) is 47.0 Å². The highest BCUT2D eigenvalue weighted by Crippen LogP contribution is 2.17. The smallest absolute Gasteiger partial charge is 0.318 e. The third-order valence-electron chi connectivity index (χ3n) is 1.94. The zero-order valence-electron chi connectivity index (χ0n) is 10.9. The maximum Gasteiger partial charge on any atom is 0.318 e. The molecule has 0 aliphatic carbocycles. The predicted octanol–water partition coefficient (Wildman–Crippen LogP) is 3.01. The number of halogens is 1. The molecule has 0 atom stereocenters. The van der Waals surface area contributed by atoms with Crippen molar-refractivity contribution >= 4 is 5.82 Å². The molecule has 0 saturated carbocycles.